The number of ether oxygens (including phenoxy) is 1. The smallest absolute Gasteiger partial charge is 0.291 e. The van der Waals surface area contributed by atoms with E-state index >= 15 is 0 Å². The van der Waals surface area contributed by atoms with Crippen LogP contribution >= 0.6 is 0 Å². The number of amides is 1. The van der Waals surface area contributed by atoms with Crippen LogP contribution in [0.1, 0.15) is 27.6 Å². The van der Waals surface area contributed by atoms with Gasteiger partial charge in [-0.2, -0.15) is 0 Å². The molecular formula is C16H20N4O3. The minimum Gasteiger partial charge on any atom is -0.438 e. The Labute approximate surface area is 134 Å². The van der Waals surface area contributed by atoms with Crippen molar-refractivity contribution in [1.29, 1.82) is 0 Å². The third kappa shape index (κ3) is 3.73. The monoisotopic (exact) mass is 316 g/mol. The van der Waals surface area contributed by atoms with Gasteiger partial charge in [-0.15, -0.1) is 0 Å². The SMILES string of the molecule is Cc1cc(C[C@@H]2COCCN(C(=O)c3ocnc3C)C2)ncn1. The number of rotatable bonds is 3. The maximum atomic E-state index is 12.6. The van der Waals surface area contributed by atoms with Gasteiger partial charge in [0.05, 0.1) is 18.9 Å². The van der Waals surface area contributed by atoms with Gasteiger partial charge in [0.2, 0.25) is 5.76 Å². The number of carbonyl (C=O) groups excluding carboxylic acids is 1. The van der Waals surface area contributed by atoms with E-state index in [2.05, 4.69) is 15.0 Å². The van der Waals surface area contributed by atoms with Crippen LogP contribution in [0.25, 0.3) is 0 Å². The van der Waals surface area contributed by atoms with Crippen molar-refractivity contribution in [3.8, 4) is 0 Å². The van der Waals surface area contributed by atoms with E-state index in [1.807, 2.05) is 13.0 Å². The number of hydrogen-bond donors (Lipinski definition) is 0. The molecule has 7 heteroatoms. The van der Waals surface area contributed by atoms with E-state index < -0.39 is 0 Å². The first-order valence-corrected chi connectivity index (χ1v) is 7.68. The molecule has 0 N–H and O–H groups in total. The Morgan fingerprint density at radius 2 is 2.22 bits per heavy atom. The van der Waals surface area contributed by atoms with Crippen LogP contribution in [-0.4, -0.2) is 52.1 Å². The average Bonchev–Trinajstić information content (AvgIpc) is 2.81. The highest BCUT2D eigenvalue weighted by molar-refractivity contribution is 5.92. The highest BCUT2D eigenvalue weighted by atomic mass is 16.5. The van der Waals surface area contributed by atoms with Crippen LogP contribution in [-0.2, 0) is 11.2 Å². The van der Waals surface area contributed by atoms with Gasteiger partial charge in [-0.05, 0) is 26.3 Å². The molecule has 3 heterocycles. The van der Waals surface area contributed by atoms with Crippen LogP contribution in [0.3, 0.4) is 0 Å². The Balaban J connectivity index is 1.71. The molecule has 0 spiro atoms. The first-order chi connectivity index (χ1) is 11.1. The molecule has 0 aromatic carbocycles. The molecule has 0 radical (unpaired) electrons. The lowest BCUT2D eigenvalue weighted by atomic mass is 10.0. The molecule has 1 atom stereocenters. The first kappa shape index (κ1) is 15.6. The summed E-state index contributed by atoms with van der Waals surface area (Å²) in [5.41, 5.74) is 2.52. The van der Waals surface area contributed by atoms with Gasteiger partial charge in [-0.25, -0.2) is 15.0 Å². The molecule has 23 heavy (non-hydrogen) atoms. The van der Waals surface area contributed by atoms with Crippen molar-refractivity contribution in [1.82, 2.24) is 19.9 Å². The Morgan fingerprint density at radius 1 is 1.35 bits per heavy atom. The summed E-state index contributed by atoms with van der Waals surface area (Å²) in [6.07, 6.45) is 3.63. The summed E-state index contributed by atoms with van der Waals surface area (Å²) in [5, 5.41) is 0. The van der Waals surface area contributed by atoms with E-state index in [1.165, 1.54) is 6.39 Å². The van der Waals surface area contributed by atoms with Gasteiger partial charge in [0.15, 0.2) is 6.39 Å². The molecule has 1 fully saturated rings. The van der Waals surface area contributed by atoms with Gasteiger partial charge >= 0.3 is 0 Å². The zero-order valence-corrected chi connectivity index (χ0v) is 13.4. The van der Waals surface area contributed by atoms with Gasteiger partial charge in [0.25, 0.3) is 5.91 Å². The minimum atomic E-state index is -0.130. The van der Waals surface area contributed by atoms with E-state index in [4.69, 9.17) is 9.15 Å². The van der Waals surface area contributed by atoms with E-state index in [9.17, 15) is 4.79 Å². The zero-order chi connectivity index (χ0) is 16.2. The molecule has 0 bridgehead atoms. The highest BCUT2D eigenvalue weighted by Crippen LogP contribution is 2.16. The second kappa shape index (κ2) is 6.87. The van der Waals surface area contributed by atoms with Crippen LogP contribution in [0, 0.1) is 19.8 Å². The van der Waals surface area contributed by atoms with Crippen molar-refractivity contribution in [2.24, 2.45) is 5.92 Å². The fourth-order valence-corrected chi connectivity index (χ4v) is 2.76. The Morgan fingerprint density at radius 3 is 2.96 bits per heavy atom. The summed E-state index contributed by atoms with van der Waals surface area (Å²) in [5.74, 6) is 0.372. The van der Waals surface area contributed by atoms with Gasteiger partial charge < -0.3 is 14.1 Å². The Hall–Kier alpha value is -2.28. The molecule has 0 aliphatic carbocycles. The molecule has 1 aliphatic rings. The van der Waals surface area contributed by atoms with E-state index in [0.29, 0.717) is 37.8 Å². The molecule has 2 aromatic rings. The zero-order valence-electron chi connectivity index (χ0n) is 13.4. The van der Waals surface area contributed by atoms with Crippen LogP contribution in [0.5, 0.6) is 0 Å². The molecule has 1 amide bonds. The lowest BCUT2D eigenvalue weighted by molar-refractivity contribution is 0.0704. The number of carbonyl (C=O) groups is 1. The molecule has 1 aliphatic heterocycles. The highest BCUT2D eigenvalue weighted by Gasteiger charge is 2.26. The number of nitrogens with zero attached hydrogens (tertiary/aromatic N) is 4. The molecular weight excluding hydrogens is 296 g/mol. The second-order valence-corrected chi connectivity index (χ2v) is 5.81. The summed E-state index contributed by atoms with van der Waals surface area (Å²) < 4.78 is 10.9. The molecule has 1 saturated heterocycles. The number of aryl methyl sites for hydroxylation is 2. The summed E-state index contributed by atoms with van der Waals surface area (Å²) in [7, 11) is 0. The number of aromatic nitrogens is 3. The first-order valence-electron chi connectivity index (χ1n) is 7.68. The Kier molecular flexibility index (Phi) is 4.66. The maximum Gasteiger partial charge on any atom is 0.291 e. The average molecular weight is 316 g/mol. The fraction of sp³-hybridized carbons (Fsp3) is 0.500. The summed E-state index contributed by atoms with van der Waals surface area (Å²) in [6.45, 7) is 6.02. The molecule has 122 valence electrons. The van der Waals surface area contributed by atoms with E-state index in [0.717, 1.165) is 17.8 Å². The van der Waals surface area contributed by atoms with E-state index in [1.54, 1.807) is 18.2 Å². The standard InChI is InChI=1S/C16H20N4O3/c1-11-5-14(18-9-17-11)6-13-7-20(3-4-22-8-13)16(21)15-12(2)19-10-23-15/h5,9-10,13H,3-4,6-8H2,1-2H3/t13-/m0/s1. The second-order valence-electron chi connectivity index (χ2n) is 5.81. The Bertz CT molecular complexity index is 685. The normalized spacial score (nSPS) is 18.7. The van der Waals surface area contributed by atoms with Crippen molar-refractivity contribution >= 4 is 5.91 Å². The molecule has 0 saturated carbocycles. The molecule has 0 unspecified atom stereocenters. The van der Waals surface area contributed by atoms with Crippen LogP contribution in [0.4, 0.5) is 0 Å². The predicted molar refractivity (Wildman–Crippen MR) is 81.9 cm³/mol. The van der Waals surface area contributed by atoms with Gasteiger partial charge in [-0.1, -0.05) is 0 Å². The summed E-state index contributed by atoms with van der Waals surface area (Å²) >= 11 is 0. The molecule has 2 aromatic heterocycles. The fourth-order valence-electron chi connectivity index (χ4n) is 2.76. The van der Waals surface area contributed by atoms with Crippen LogP contribution in [0.2, 0.25) is 0 Å². The third-order valence-corrected chi connectivity index (χ3v) is 3.92. The van der Waals surface area contributed by atoms with Gasteiger partial charge in [-0.3, -0.25) is 4.79 Å². The number of hydrogen-bond acceptors (Lipinski definition) is 6. The van der Waals surface area contributed by atoms with Crippen LogP contribution in [0.15, 0.2) is 23.2 Å². The van der Waals surface area contributed by atoms with Gasteiger partial charge in [0.1, 0.15) is 6.33 Å². The lowest BCUT2D eigenvalue weighted by Crippen LogP contribution is -2.36. The van der Waals surface area contributed by atoms with Crippen molar-refractivity contribution in [2.45, 2.75) is 20.3 Å². The van der Waals surface area contributed by atoms with E-state index in [-0.39, 0.29) is 11.8 Å². The third-order valence-electron chi connectivity index (χ3n) is 3.92. The molecule has 7 nitrogen and oxygen atoms in total. The number of oxazole rings is 1. The maximum absolute atomic E-state index is 12.6. The predicted octanol–water partition coefficient (Wildman–Crippen LogP) is 1.41. The largest absolute Gasteiger partial charge is 0.438 e. The van der Waals surface area contributed by atoms with Crippen molar-refractivity contribution in [2.75, 3.05) is 26.3 Å². The topological polar surface area (TPSA) is 81.4 Å². The van der Waals surface area contributed by atoms with Crippen LogP contribution < -0.4 is 0 Å². The summed E-state index contributed by atoms with van der Waals surface area (Å²) in [6, 6.07) is 1.97. The molecule has 3 rings (SSSR count). The van der Waals surface area contributed by atoms with Crippen molar-refractivity contribution in [3.63, 3.8) is 0 Å². The quantitative estimate of drug-likeness (QED) is 0.851. The van der Waals surface area contributed by atoms with Gasteiger partial charge in [0, 0.05) is 30.4 Å². The lowest BCUT2D eigenvalue weighted by Gasteiger charge is -2.22. The van der Waals surface area contributed by atoms with Crippen molar-refractivity contribution in [3.05, 3.63) is 41.6 Å². The minimum absolute atomic E-state index is 0.130. The summed E-state index contributed by atoms with van der Waals surface area (Å²) in [4.78, 5) is 26.8. The van der Waals surface area contributed by atoms with Crippen molar-refractivity contribution < 1.29 is 13.9 Å².